The average molecular weight is 571 g/mol. The predicted molar refractivity (Wildman–Crippen MR) is 178 cm³/mol. The van der Waals surface area contributed by atoms with Gasteiger partial charge in [-0.3, -0.25) is 0 Å². The van der Waals surface area contributed by atoms with Gasteiger partial charge in [-0.15, -0.1) is 0 Å². The lowest BCUT2D eigenvalue weighted by molar-refractivity contribution is 0.351. The van der Waals surface area contributed by atoms with E-state index in [0.29, 0.717) is 17.5 Å². The molecule has 4 aromatic carbocycles. The minimum absolute atomic E-state index is 0.0729. The molecule has 0 amide bonds. The third-order valence-electron chi connectivity index (χ3n) is 9.24. The van der Waals surface area contributed by atoms with Crippen LogP contribution in [0.1, 0.15) is 57.1 Å². The number of aromatic nitrogens is 3. The van der Waals surface area contributed by atoms with Gasteiger partial charge >= 0.3 is 0 Å². The molecule has 1 fully saturated rings. The van der Waals surface area contributed by atoms with Crippen LogP contribution in [-0.2, 0) is 5.41 Å². The topological polar surface area (TPSA) is 62.5 Å². The molecule has 0 bridgehead atoms. The van der Waals surface area contributed by atoms with Gasteiger partial charge in [0.1, 0.15) is 0 Å². The van der Waals surface area contributed by atoms with Gasteiger partial charge in [0.2, 0.25) is 0 Å². The zero-order valence-electron chi connectivity index (χ0n) is 25.2. The van der Waals surface area contributed by atoms with E-state index in [0.717, 1.165) is 40.7 Å². The van der Waals surface area contributed by atoms with Gasteiger partial charge < -0.3 is 0 Å². The Morgan fingerprint density at radius 1 is 0.659 bits per heavy atom. The molecule has 2 aliphatic carbocycles. The highest BCUT2D eigenvalue weighted by atomic mass is 15.0. The predicted octanol–water partition coefficient (Wildman–Crippen LogP) is 10.00. The van der Waals surface area contributed by atoms with Crippen molar-refractivity contribution in [3.8, 4) is 51.4 Å². The number of hydrogen-bond acceptors (Lipinski definition) is 4. The van der Waals surface area contributed by atoms with Crippen molar-refractivity contribution < 1.29 is 0 Å². The summed E-state index contributed by atoms with van der Waals surface area (Å²) in [5.41, 5.74) is 11.3. The molecule has 214 valence electrons. The monoisotopic (exact) mass is 570 g/mol. The number of allylic oxidation sites excluding steroid dienone is 4. The molecule has 0 unspecified atom stereocenters. The molecule has 0 atom stereocenters. The molecule has 5 aromatic rings. The molecule has 4 heteroatoms. The maximum atomic E-state index is 9.68. The van der Waals surface area contributed by atoms with E-state index in [-0.39, 0.29) is 5.41 Å². The van der Waals surface area contributed by atoms with E-state index in [1.165, 1.54) is 47.1 Å². The Balaban J connectivity index is 1.38. The van der Waals surface area contributed by atoms with Gasteiger partial charge in [-0.25, -0.2) is 15.0 Å². The molecular weight excluding hydrogens is 536 g/mol. The molecule has 0 aliphatic heterocycles. The normalized spacial score (nSPS) is 15.7. The first-order valence-corrected chi connectivity index (χ1v) is 15.5. The Morgan fingerprint density at radius 3 is 1.80 bits per heavy atom. The number of rotatable bonds is 5. The largest absolute Gasteiger partial charge is 0.208 e. The van der Waals surface area contributed by atoms with E-state index in [1.807, 2.05) is 67.6 Å². The fourth-order valence-electron chi connectivity index (χ4n) is 7.19. The van der Waals surface area contributed by atoms with E-state index >= 15 is 0 Å². The third kappa shape index (κ3) is 4.85. The average Bonchev–Trinajstić information content (AvgIpc) is 3.31. The molecule has 1 aromatic heterocycles. The Kier molecular flexibility index (Phi) is 7.24. The van der Waals surface area contributed by atoms with Crippen molar-refractivity contribution in [3.05, 3.63) is 131 Å². The number of nitriles is 1. The molecule has 0 N–H and O–H groups in total. The lowest BCUT2D eigenvalue weighted by Crippen LogP contribution is -2.29. The first-order chi connectivity index (χ1) is 21.6. The van der Waals surface area contributed by atoms with Gasteiger partial charge in [-0.1, -0.05) is 116 Å². The first-order valence-electron chi connectivity index (χ1n) is 15.5. The summed E-state index contributed by atoms with van der Waals surface area (Å²) >= 11 is 0. The highest BCUT2D eigenvalue weighted by molar-refractivity contribution is 5.89. The number of benzene rings is 4. The van der Waals surface area contributed by atoms with Crippen molar-refractivity contribution in [1.82, 2.24) is 15.0 Å². The van der Waals surface area contributed by atoms with Crippen molar-refractivity contribution in [1.29, 1.82) is 5.26 Å². The summed E-state index contributed by atoms with van der Waals surface area (Å²) in [6.07, 6.45) is 8.01. The molecule has 2 aliphatic rings. The number of hydrogen-bond donors (Lipinski definition) is 0. The summed E-state index contributed by atoms with van der Waals surface area (Å²) in [7, 11) is 0. The maximum absolute atomic E-state index is 9.68. The molecule has 0 saturated heterocycles. The third-order valence-corrected chi connectivity index (χ3v) is 9.24. The highest BCUT2D eigenvalue weighted by Gasteiger charge is 2.45. The van der Waals surface area contributed by atoms with E-state index in [2.05, 4.69) is 61.5 Å². The van der Waals surface area contributed by atoms with Crippen molar-refractivity contribution in [2.24, 2.45) is 0 Å². The molecule has 1 heterocycles. The summed E-state index contributed by atoms with van der Waals surface area (Å²) in [6.45, 7) is 4.16. The summed E-state index contributed by atoms with van der Waals surface area (Å²) < 4.78 is 0. The first kappa shape index (κ1) is 27.7. The lowest BCUT2D eigenvalue weighted by Gasteiger charge is -2.38. The van der Waals surface area contributed by atoms with Crippen molar-refractivity contribution >= 4 is 5.57 Å². The quantitative estimate of drug-likeness (QED) is 0.197. The molecule has 0 radical (unpaired) electrons. The Bertz CT molecular complexity index is 1900. The summed E-state index contributed by atoms with van der Waals surface area (Å²) in [4.78, 5) is 14.9. The molecule has 4 nitrogen and oxygen atoms in total. The summed E-state index contributed by atoms with van der Waals surface area (Å²) in [5, 5.41) is 9.68. The molecule has 7 rings (SSSR count). The van der Waals surface area contributed by atoms with Crippen LogP contribution in [0.25, 0.3) is 50.9 Å². The van der Waals surface area contributed by atoms with Gasteiger partial charge in [0.05, 0.1) is 6.07 Å². The van der Waals surface area contributed by atoms with Crippen molar-refractivity contribution in [3.63, 3.8) is 0 Å². The Morgan fingerprint density at radius 2 is 1.18 bits per heavy atom. The second-order valence-electron chi connectivity index (χ2n) is 12.0. The van der Waals surface area contributed by atoms with Crippen LogP contribution >= 0.6 is 0 Å². The van der Waals surface area contributed by atoms with Crippen molar-refractivity contribution in [2.75, 3.05) is 0 Å². The van der Waals surface area contributed by atoms with E-state index in [1.54, 1.807) is 0 Å². The lowest BCUT2D eigenvalue weighted by atomic mass is 9.65. The van der Waals surface area contributed by atoms with Crippen LogP contribution in [0.15, 0.2) is 120 Å². The van der Waals surface area contributed by atoms with Crippen LogP contribution in [0.5, 0.6) is 0 Å². The Hall–Kier alpha value is -5.14. The molecule has 44 heavy (non-hydrogen) atoms. The van der Waals surface area contributed by atoms with Gasteiger partial charge in [-0.05, 0) is 72.2 Å². The minimum atomic E-state index is -0.0729. The van der Waals surface area contributed by atoms with E-state index in [4.69, 9.17) is 15.0 Å². The Labute approximate surface area is 259 Å². The van der Waals surface area contributed by atoms with Crippen LogP contribution in [0, 0.1) is 11.3 Å². The maximum Gasteiger partial charge on any atom is 0.164 e. The fraction of sp³-hybridized carbons (Fsp3) is 0.200. The number of nitrogens with zero attached hydrogens (tertiary/aromatic N) is 4. The molecular formula is C40H34N4. The second kappa shape index (κ2) is 11.5. The van der Waals surface area contributed by atoms with Crippen LogP contribution in [0.2, 0.25) is 0 Å². The van der Waals surface area contributed by atoms with Gasteiger partial charge in [0.15, 0.2) is 17.5 Å². The minimum Gasteiger partial charge on any atom is -0.208 e. The van der Waals surface area contributed by atoms with Gasteiger partial charge in [-0.2, -0.15) is 5.26 Å². The smallest absolute Gasteiger partial charge is 0.164 e. The van der Waals surface area contributed by atoms with E-state index < -0.39 is 0 Å². The second-order valence-corrected chi connectivity index (χ2v) is 12.0. The SMILES string of the molecule is CC1=C(/C=C(\C)C#N)C2(CCCCC2)c2c1cccc2-c1cccc(-c2nc(-c3ccccc3)nc(-c3ccccc3)n2)c1. The zero-order valence-corrected chi connectivity index (χ0v) is 25.2. The van der Waals surface area contributed by atoms with Gasteiger partial charge in [0.25, 0.3) is 0 Å². The van der Waals surface area contributed by atoms with Gasteiger partial charge in [0, 0.05) is 27.7 Å². The van der Waals surface area contributed by atoms with Crippen molar-refractivity contribution in [2.45, 2.75) is 51.4 Å². The zero-order chi connectivity index (χ0) is 30.1. The van der Waals surface area contributed by atoms with Crippen LogP contribution in [0.3, 0.4) is 0 Å². The van der Waals surface area contributed by atoms with E-state index in [9.17, 15) is 5.26 Å². The van der Waals surface area contributed by atoms with Crippen LogP contribution in [0.4, 0.5) is 0 Å². The molecule has 1 saturated carbocycles. The molecule has 1 spiro atoms. The fourth-order valence-corrected chi connectivity index (χ4v) is 7.19. The summed E-state index contributed by atoms with van der Waals surface area (Å²) in [6, 6.07) is 37.9. The summed E-state index contributed by atoms with van der Waals surface area (Å²) in [5.74, 6) is 1.97. The van der Waals surface area contributed by atoms with Crippen LogP contribution in [-0.4, -0.2) is 15.0 Å². The standard InChI is InChI=1S/C40H34N4/c1-27(26-41)24-35-28(2)33-20-13-21-34(36(33)40(35)22-10-5-11-23-40)31-18-12-19-32(25-31)39-43-37(29-14-6-3-7-15-29)42-38(44-39)30-16-8-4-9-17-30/h3-4,6-9,12-21,24-25H,5,10-11,22-23H2,1-2H3/b27-24+. The number of fused-ring (bicyclic) bond motifs is 2. The highest BCUT2D eigenvalue weighted by Crippen LogP contribution is 2.57. The van der Waals surface area contributed by atoms with Crippen LogP contribution < -0.4 is 0 Å².